The molecule has 0 aliphatic carbocycles. The first-order valence-electron chi connectivity index (χ1n) is 6.57. The number of benzene rings is 1. The van der Waals surface area contributed by atoms with Gasteiger partial charge in [-0.2, -0.15) is 0 Å². The standard InChI is InChI=1S/C15H22FNO2/c1-11(2)14(17(3)9-8-15(18)19)10-12-6-4-5-7-13(12)16/h4-7,11,14H,8-10H2,1-3H3,(H,18,19). The number of nitrogens with zero attached hydrogens (tertiary/aromatic N) is 1. The van der Waals surface area contributed by atoms with E-state index < -0.39 is 5.97 Å². The van der Waals surface area contributed by atoms with Crippen LogP contribution in [0.4, 0.5) is 4.39 Å². The number of carboxylic acids is 1. The minimum Gasteiger partial charge on any atom is -0.481 e. The van der Waals surface area contributed by atoms with Gasteiger partial charge in [-0.05, 0) is 31.0 Å². The highest BCUT2D eigenvalue weighted by molar-refractivity contribution is 5.66. The number of rotatable bonds is 7. The lowest BCUT2D eigenvalue weighted by atomic mass is 9.95. The maximum Gasteiger partial charge on any atom is 0.304 e. The van der Waals surface area contributed by atoms with E-state index in [0.717, 1.165) is 0 Å². The summed E-state index contributed by atoms with van der Waals surface area (Å²) in [7, 11) is 1.90. The minimum atomic E-state index is -0.805. The molecule has 0 saturated heterocycles. The molecular weight excluding hydrogens is 245 g/mol. The molecule has 1 aromatic carbocycles. The summed E-state index contributed by atoms with van der Waals surface area (Å²) in [5.74, 6) is -0.668. The molecule has 1 unspecified atom stereocenters. The van der Waals surface area contributed by atoms with Crippen LogP contribution in [0.15, 0.2) is 24.3 Å². The Balaban J connectivity index is 2.73. The van der Waals surface area contributed by atoms with Crippen molar-refractivity contribution in [3.8, 4) is 0 Å². The van der Waals surface area contributed by atoms with E-state index in [0.29, 0.717) is 24.4 Å². The number of hydrogen-bond acceptors (Lipinski definition) is 2. The summed E-state index contributed by atoms with van der Waals surface area (Å²) in [5, 5.41) is 8.73. The molecule has 1 N–H and O–H groups in total. The number of halogens is 1. The second kappa shape index (κ2) is 7.24. The molecule has 0 aliphatic rings. The van der Waals surface area contributed by atoms with E-state index in [-0.39, 0.29) is 18.3 Å². The zero-order chi connectivity index (χ0) is 14.4. The van der Waals surface area contributed by atoms with Gasteiger partial charge in [-0.25, -0.2) is 4.39 Å². The quantitative estimate of drug-likeness (QED) is 0.826. The molecule has 0 bridgehead atoms. The van der Waals surface area contributed by atoms with Crippen LogP contribution in [-0.2, 0) is 11.2 Å². The first kappa shape index (κ1) is 15.6. The second-order valence-corrected chi connectivity index (χ2v) is 5.23. The van der Waals surface area contributed by atoms with E-state index >= 15 is 0 Å². The molecule has 0 fully saturated rings. The Morgan fingerprint density at radius 3 is 2.53 bits per heavy atom. The predicted molar refractivity (Wildman–Crippen MR) is 73.6 cm³/mol. The lowest BCUT2D eigenvalue weighted by molar-refractivity contribution is -0.137. The summed E-state index contributed by atoms with van der Waals surface area (Å²) < 4.78 is 13.7. The summed E-state index contributed by atoms with van der Waals surface area (Å²) >= 11 is 0. The van der Waals surface area contributed by atoms with Gasteiger partial charge >= 0.3 is 5.97 Å². The zero-order valence-electron chi connectivity index (χ0n) is 11.8. The number of hydrogen-bond donors (Lipinski definition) is 1. The third-order valence-electron chi connectivity index (χ3n) is 3.40. The van der Waals surface area contributed by atoms with Gasteiger partial charge in [0.05, 0.1) is 6.42 Å². The SMILES string of the molecule is CC(C)C(Cc1ccccc1F)N(C)CCC(=O)O. The van der Waals surface area contributed by atoms with Gasteiger partial charge in [0.1, 0.15) is 5.82 Å². The Labute approximate surface area is 114 Å². The average molecular weight is 267 g/mol. The van der Waals surface area contributed by atoms with Gasteiger partial charge in [-0.1, -0.05) is 32.0 Å². The molecule has 1 rings (SSSR count). The smallest absolute Gasteiger partial charge is 0.304 e. The van der Waals surface area contributed by atoms with Crippen LogP contribution in [0.5, 0.6) is 0 Å². The number of likely N-dealkylation sites (N-methyl/N-ethyl adjacent to an activating group) is 1. The van der Waals surface area contributed by atoms with Gasteiger partial charge in [-0.15, -0.1) is 0 Å². The maximum absolute atomic E-state index is 13.7. The summed E-state index contributed by atoms with van der Waals surface area (Å²) in [6.45, 7) is 4.62. The third-order valence-corrected chi connectivity index (χ3v) is 3.40. The van der Waals surface area contributed by atoms with E-state index in [1.807, 2.05) is 18.0 Å². The van der Waals surface area contributed by atoms with E-state index in [2.05, 4.69) is 13.8 Å². The summed E-state index contributed by atoms with van der Waals surface area (Å²) in [6.07, 6.45) is 0.706. The van der Waals surface area contributed by atoms with E-state index in [1.165, 1.54) is 6.07 Å². The van der Waals surface area contributed by atoms with Gasteiger partial charge in [0.15, 0.2) is 0 Å². The highest BCUT2D eigenvalue weighted by atomic mass is 19.1. The van der Waals surface area contributed by atoms with Gasteiger partial charge < -0.3 is 10.0 Å². The topological polar surface area (TPSA) is 40.5 Å². The maximum atomic E-state index is 13.7. The second-order valence-electron chi connectivity index (χ2n) is 5.23. The molecule has 0 radical (unpaired) electrons. The van der Waals surface area contributed by atoms with Crippen LogP contribution in [0, 0.1) is 11.7 Å². The van der Waals surface area contributed by atoms with E-state index in [4.69, 9.17) is 5.11 Å². The van der Waals surface area contributed by atoms with Crippen molar-refractivity contribution in [2.45, 2.75) is 32.7 Å². The molecule has 0 spiro atoms. The first-order valence-corrected chi connectivity index (χ1v) is 6.57. The zero-order valence-corrected chi connectivity index (χ0v) is 11.8. The molecule has 1 atom stereocenters. The average Bonchev–Trinajstić information content (AvgIpc) is 2.34. The van der Waals surface area contributed by atoms with Crippen molar-refractivity contribution in [3.05, 3.63) is 35.6 Å². The summed E-state index contributed by atoms with van der Waals surface area (Å²) in [4.78, 5) is 12.6. The van der Waals surface area contributed by atoms with E-state index in [1.54, 1.807) is 12.1 Å². The van der Waals surface area contributed by atoms with Crippen LogP contribution in [0.3, 0.4) is 0 Å². The third kappa shape index (κ3) is 4.99. The van der Waals surface area contributed by atoms with Crippen molar-refractivity contribution in [2.24, 2.45) is 5.92 Å². The Hall–Kier alpha value is -1.42. The summed E-state index contributed by atoms with van der Waals surface area (Å²) in [5.41, 5.74) is 0.684. The fraction of sp³-hybridized carbons (Fsp3) is 0.533. The van der Waals surface area contributed by atoms with Crippen molar-refractivity contribution in [2.75, 3.05) is 13.6 Å². The Bertz CT molecular complexity index is 420. The molecule has 0 aromatic heterocycles. The van der Waals surface area contributed by atoms with Crippen LogP contribution in [-0.4, -0.2) is 35.6 Å². The molecule has 0 aliphatic heterocycles. The van der Waals surface area contributed by atoms with Crippen LogP contribution in [0.2, 0.25) is 0 Å². The normalized spacial score (nSPS) is 12.9. The number of aliphatic carboxylic acids is 1. The Morgan fingerprint density at radius 1 is 1.37 bits per heavy atom. The van der Waals surface area contributed by atoms with Crippen molar-refractivity contribution in [3.63, 3.8) is 0 Å². The van der Waals surface area contributed by atoms with Crippen molar-refractivity contribution in [1.82, 2.24) is 4.90 Å². The van der Waals surface area contributed by atoms with Gasteiger partial charge in [0.2, 0.25) is 0 Å². The molecule has 3 nitrogen and oxygen atoms in total. The van der Waals surface area contributed by atoms with Crippen LogP contribution >= 0.6 is 0 Å². The van der Waals surface area contributed by atoms with Crippen LogP contribution in [0.1, 0.15) is 25.8 Å². The Kier molecular flexibility index (Phi) is 5.96. The molecule has 0 amide bonds. The minimum absolute atomic E-state index is 0.108. The lowest BCUT2D eigenvalue weighted by Gasteiger charge is -2.31. The van der Waals surface area contributed by atoms with Crippen molar-refractivity contribution < 1.29 is 14.3 Å². The molecular formula is C15H22FNO2. The predicted octanol–water partition coefficient (Wildman–Crippen LogP) is 2.80. The molecule has 4 heteroatoms. The van der Waals surface area contributed by atoms with Gasteiger partial charge in [-0.3, -0.25) is 4.79 Å². The highest BCUT2D eigenvalue weighted by Crippen LogP contribution is 2.18. The fourth-order valence-corrected chi connectivity index (χ4v) is 2.23. The molecule has 19 heavy (non-hydrogen) atoms. The number of carboxylic acid groups (broad SMARTS) is 1. The fourth-order valence-electron chi connectivity index (χ4n) is 2.23. The highest BCUT2D eigenvalue weighted by Gasteiger charge is 2.20. The number of carbonyl (C=O) groups is 1. The van der Waals surface area contributed by atoms with Crippen molar-refractivity contribution in [1.29, 1.82) is 0 Å². The van der Waals surface area contributed by atoms with Gasteiger partial charge in [0.25, 0.3) is 0 Å². The lowest BCUT2D eigenvalue weighted by Crippen LogP contribution is -2.39. The van der Waals surface area contributed by atoms with E-state index in [9.17, 15) is 9.18 Å². The van der Waals surface area contributed by atoms with Gasteiger partial charge in [0, 0.05) is 12.6 Å². The Morgan fingerprint density at radius 2 is 2.00 bits per heavy atom. The summed E-state index contributed by atoms with van der Waals surface area (Å²) in [6, 6.07) is 6.89. The van der Waals surface area contributed by atoms with Crippen LogP contribution in [0.25, 0.3) is 0 Å². The monoisotopic (exact) mass is 267 g/mol. The molecule has 0 heterocycles. The largest absolute Gasteiger partial charge is 0.481 e. The molecule has 0 saturated carbocycles. The molecule has 106 valence electrons. The first-order chi connectivity index (χ1) is 8.91. The van der Waals surface area contributed by atoms with Crippen LogP contribution < -0.4 is 0 Å². The molecule has 1 aromatic rings. The van der Waals surface area contributed by atoms with Crippen molar-refractivity contribution >= 4 is 5.97 Å².